The van der Waals surface area contributed by atoms with Gasteiger partial charge < -0.3 is 10.1 Å². The summed E-state index contributed by atoms with van der Waals surface area (Å²) in [5.41, 5.74) is 2.32. The third-order valence-corrected chi connectivity index (χ3v) is 3.26. The molecule has 90 valence electrons. The highest BCUT2D eigenvalue weighted by molar-refractivity contribution is 9.10. The van der Waals surface area contributed by atoms with Gasteiger partial charge in [-0.25, -0.2) is 4.98 Å². The van der Waals surface area contributed by atoms with E-state index in [0.29, 0.717) is 0 Å². The fourth-order valence-electron chi connectivity index (χ4n) is 1.94. The Morgan fingerprint density at radius 2 is 2.22 bits per heavy atom. The van der Waals surface area contributed by atoms with Crippen molar-refractivity contribution in [3.63, 3.8) is 0 Å². The topological polar surface area (TPSA) is 61.8 Å². The average molecular weight is 304 g/mol. The molecular formula is C13H10BrN3O. The molecule has 3 aromatic heterocycles. The summed E-state index contributed by atoms with van der Waals surface area (Å²) in [5, 5.41) is 11.3. The summed E-state index contributed by atoms with van der Waals surface area (Å²) in [6.07, 6.45) is 6.14. The number of nitrogens with zero attached hydrogens (tertiary/aromatic N) is 2. The number of H-pyrrole nitrogens is 1. The predicted octanol–water partition coefficient (Wildman–Crippen LogP) is 2.80. The van der Waals surface area contributed by atoms with E-state index < -0.39 is 6.10 Å². The van der Waals surface area contributed by atoms with Crippen LogP contribution in [-0.4, -0.2) is 20.1 Å². The third-order valence-electron chi connectivity index (χ3n) is 2.82. The van der Waals surface area contributed by atoms with Crippen LogP contribution >= 0.6 is 15.9 Å². The summed E-state index contributed by atoms with van der Waals surface area (Å²) >= 11 is 3.39. The van der Waals surface area contributed by atoms with E-state index in [4.69, 9.17) is 0 Å². The Bertz CT molecular complexity index is 681. The van der Waals surface area contributed by atoms with Crippen molar-refractivity contribution in [2.45, 2.75) is 6.10 Å². The quantitative estimate of drug-likeness (QED) is 0.765. The van der Waals surface area contributed by atoms with Gasteiger partial charge in [-0.05, 0) is 28.1 Å². The number of nitrogens with one attached hydrogen (secondary N) is 1. The lowest BCUT2D eigenvalue weighted by atomic mass is 10.0. The molecule has 1 unspecified atom stereocenters. The molecule has 2 N–H and O–H groups in total. The summed E-state index contributed by atoms with van der Waals surface area (Å²) < 4.78 is 0.884. The van der Waals surface area contributed by atoms with E-state index in [2.05, 4.69) is 30.9 Å². The van der Waals surface area contributed by atoms with Gasteiger partial charge in [-0.2, -0.15) is 0 Å². The van der Waals surface area contributed by atoms with Gasteiger partial charge in [0.2, 0.25) is 0 Å². The highest BCUT2D eigenvalue weighted by atomic mass is 79.9. The van der Waals surface area contributed by atoms with Gasteiger partial charge in [-0.1, -0.05) is 6.07 Å². The molecule has 0 saturated heterocycles. The van der Waals surface area contributed by atoms with E-state index in [1.165, 1.54) is 0 Å². The first kappa shape index (κ1) is 11.4. The summed E-state index contributed by atoms with van der Waals surface area (Å²) in [4.78, 5) is 11.3. The van der Waals surface area contributed by atoms with Gasteiger partial charge in [0.05, 0.1) is 0 Å². The van der Waals surface area contributed by atoms with E-state index in [1.807, 2.05) is 18.2 Å². The minimum Gasteiger partial charge on any atom is -0.384 e. The number of pyridine rings is 2. The maximum Gasteiger partial charge on any atom is 0.137 e. The van der Waals surface area contributed by atoms with Crippen molar-refractivity contribution in [1.29, 1.82) is 0 Å². The molecule has 3 rings (SSSR count). The minimum absolute atomic E-state index is 0.705. The second-order valence-corrected chi connectivity index (χ2v) is 4.90. The van der Waals surface area contributed by atoms with E-state index in [0.717, 1.165) is 26.6 Å². The molecule has 0 bridgehead atoms. The smallest absolute Gasteiger partial charge is 0.137 e. The van der Waals surface area contributed by atoms with Crippen molar-refractivity contribution in [3.05, 3.63) is 58.6 Å². The van der Waals surface area contributed by atoms with E-state index in [1.54, 1.807) is 24.8 Å². The Labute approximate surface area is 112 Å². The van der Waals surface area contributed by atoms with Gasteiger partial charge in [0.25, 0.3) is 0 Å². The highest BCUT2D eigenvalue weighted by Crippen LogP contribution is 2.29. The van der Waals surface area contributed by atoms with Crippen molar-refractivity contribution < 1.29 is 5.11 Å². The Kier molecular flexibility index (Phi) is 2.85. The zero-order valence-electron chi connectivity index (χ0n) is 9.34. The zero-order valence-corrected chi connectivity index (χ0v) is 10.9. The second-order valence-electron chi connectivity index (χ2n) is 3.98. The molecule has 3 aromatic rings. The van der Waals surface area contributed by atoms with E-state index in [9.17, 15) is 5.11 Å². The van der Waals surface area contributed by atoms with Crippen LogP contribution in [0.25, 0.3) is 11.0 Å². The lowest BCUT2D eigenvalue weighted by molar-refractivity contribution is 0.221. The third kappa shape index (κ3) is 1.91. The second kappa shape index (κ2) is 4.51. The number of fused-ring (bicyclic) bond motifs is 1. The van der Waals surface area contributed by atoms with Gasteiger partial charge in [-0.15, -0.1) is 0 Å². The number of aliphatic hydroxyl groups excluding tert-OH is 1. The molecule has 18 heavy (non-hydrogen) atoms. The minimum atomic E-state index is -0.705. The summed E-state index contributed by atoms with van der Waals surface area (Å²) in [5.74, 6) is 0. The number of aromatic amines is 1. The zero-order chi connectivity index (χ0) is 12.5. The molecule has 0 aliphatic carbocycles. The molecule has 3 heterocycles. The summed E-state index contributed by atoms with van der Waals surface area (Å²) in [6.45, 7) is 0. The lowest BCUT2D eigenvalue weighted by Crippen LogP contribution is -1.98. The van der Waals surface area contributed by atoms with Crippen LogP contribution in [0.5, 0.6) is 0 Å². The summed E-state index contributed by atoms with van der Waals surface area (Å²) in [7, 11) is 0. The number of aromatic nitrogens is 3. The van der Waals surface area contributed by atoms with Crippen LogP contribution in [0.15, 0.2) is 47.5 Å². The average Bonchev–Trinajstić information content (AvgIpc) is 2.82. The van der Waals surface area contributed by atoms with Crippen molar-refractivity contribution in [1.82, 2.24) is 15.0 Å². The number of aliphatic hydroxyl groups is 1. The van der Waals surface area contributed by atoms with Crippen LogP contribution in [0.1, 0.15) is 17.2 Å². The number of hydrogen-bond acceptors (Lipinski definition) is 3. The van der Waals surface area contributed by atoms with Gasteiger partial charge in [0, 0.05) is 45.8 Å². The molecule has 0 aliphatic heterocycles. The standard InChI is InChI=1S/C13H10BrN3O/c14-9-4-10-11(7-17-13(10)16-6-9)12(18)8-2-1-3-15-5-8/h1-7,12,18H,(H,16,17). The molecular weight excluding hydrogens is 294 g/mol. The number of halogens is 1. The van der Waals surface area contributed by atoms with Gasteiger partial charge in [-0.3, -0.25) is 4.98 Å². The van der Waals surface area contributed by atoms with Crippen molar-refractivity contribution in [2.24, 2.45) is 0 Å². The number of hydrogen-bond donors (Lipinski definition) is 2. The molecule has 5 heteroatoms. The SMILES string of the molecule is OC(c1cccnc1)c1c[nH]c2ncc(Br)cc12. The molecule has 0 amide bonds. The molecule has 0 fully saturated rings. The Morgan fingerprint density at radius 3 is 3.00 bits per heavy atom. The van der Waals surface area contributed by atoms with Crippen molar-refractivity contribution in [2.75, 3.05) is 0 Å². The Balaban J connectivity index is 2.12. The predicted molar refractivity (Wildman–Crippen MR) is 72.1 cm³/mol. The van der Waals surface area contributed by atoms with Gasteiger partial charge in [0.1, 0.15) is 11.8 Å². The molecule has 0 radical (unpaired) electrons. The molecule has 0 aromatic carbocycles. The monoisotopic (exact) mass is 303 g/mol. The van der Waals surface area contributed by atoms with Crippen molar-refractivity contribution in [3.8, 4) is 0 Å². The fourth-order valence-corrected chi connectivity index (χ4v) is 2.27. The Morgan fingerprint density at radius 1 is 1.33 bits per heavy atom. The molecule has 1 atom stereocenters. The normalized spacial score (nSPS) is 12.8. The molecule has 0 spiro atoms. The fraction of sp³-hybridized carbons (Fsp3) is 0.0769. The van der Waals surface area contributed by atoms with E-state index >= 15 is 0 Å². The maximum absolute atomic E-state index is 10.4. The van der Waals surface area contributed by atoms with E-state index in [-0.39, 0.29) is 0 Å². The van der Waals surface area contributed by atoms with Crippen LogP contribution in [0, 0.1) is 0 Å². The van der Waals surface area contributed by atoms with Crippen molar-refractivity contribution >= 4 is 27.0 Å². The van der Waals surface area contributed by atoms with Crippen LogP contribution in [0.3, 0.4) is 0 Å². The first-order valence-corrected chi connectivity index (χ1v) is 6.25. The first-order chi connectivity index (χ1) is 8.75. The largest absolute Gasteiger partial charge is 0.384 e. The van der Waals surface area contributed by atoms with Crippen LogP contribution in [0.2, 0.25) is 0 Å². The highest BCUT2D eigenvalue weighted by Gasteiger charge is 2.15. The van der Waals surface area contributed by atoms with Gasteiger partial charge >= 0.3 is 0 Å². The first-order valence-electron chi connectivity index (χ1n) is 5.46. The number of rotatable bonds is 2. The summed E-state index contributed by atoms with van der Waals surface area (Å²) in [6, 6.07) is 5.59. The van der Waals surface area contributed by atoms with Crippen LogP contribution < -0.4 is 0 Å². The van der Waals surface area contributed by atoms with Crippen LogP contribution in [-0.2, 0) is 0 Å². The van der Waals surface area contributed by atoms with Gasteiger partial charge in [0.15, 0.2) is 0 Å². The molecule has 0 saturated carbocycles. The lowest BCUT2D eigenvalue weighted by Gasteiger charge is -2.09. The molecule has 4 nitrogen and oxygen atoms in total. The van der Waals surface area contributed by atoms with Crippen LogP contribution in [0.4, 0.5) is 0 Å². The Hall–Kier alpha value is -1.72. The maximum atomic E-state index is 10.4. The molecule has 0 aliphatic rings.